The zero-order valence-electron chi connectivity index (χ0n) is 8.78. The Labute approximate surface area is 111 Å². The van der Waals surface area contributed by atoms with Gasteiger partial charge in [-0.3, -0.25) is 0 Å². The molecule has 18 heavy (non-hydrogen) atoms. The predicted molar refractivity (Wildman–Crippen MR) is 67.9 cm³/mol. The van der Waals surface area contributed by atoms with E-state index < -0.39 is 11.9 Å². The molecule has 0 amide bonds. The van der Waals surface area contributed by atoms with Crippen LogP contribution in [0.25, 0.3) is 10.8 Å². The van der Waals surface area contributed by atoms with Gasteiger partial charge in [-0.15, -0.1) is 0 Å². The lowest BCUT2D eigenvalue weighted by atomic mass is 10.0. The second kappa shape index (κ2) is 4.48. The van der Waals surface area contributed by atoms with Crippen LogP contribution < -0.4 is 0 Å². The molecule has 0 aliphatic rings. The zero-order valence-corrected chi connectivity index (χ0v) is 10.3. The Balaban J connectivity index is 2.82. The molecule has 2 rings (SSSR count). The first-order chi connectivity index (χ1) is 8.40. The monoisotopic (exact) mass is 284 g/mol. The molecule has 92 valence electrons. The second-order valence-electron chi connectivity index (χ2n) is 3.62. The molecule has 0 aromatic heterocycles. The molecule has 0 aliphatic heterocycles. The summed E-state index contributed by atoms with van der Waals surface area (Å²) in [5.74, 6) is -2.32. The van der Waals surface area contributed by atoms with Crippen molar-refractivity contribution in [1.29, 1.82) is 0 Å². The fourth-order valence-electron chi connectivity index (χ4n) is 1.63. The van der Waals surface area contributed by atoms with Gasteiger partial charge in [0, 0.05) is 10.4 Å². The normalized spacial score (nSPS) is 10.6. The maximum atomic E-state index is 10.9. The van der Waals surface area contributed by atoms with E-state index in [1.807, 2.05) is 0 Å². The van der Waals surface area contributed by atoms with E-state index in [2.05, 4.69) is 0 Å². The van der Waals surface area contributed by atoms with E-state index in [4.69, 9.17) is 33.4 Å². The lowest BCUT2D eigenvalue weighted by Gasteiger charge is -2.06. The van der Waals surface area contributed by atoms with Crippen LogP contribution in [-0.4, -0.2) is 22.2 Å². The van der Waals surface area contributed by atoms with Gasteiger partial charge in [0.05, 0.1) is 16.1 Å². The smallest absolute Gasteiger partial charge is 0.337 e. The first-order valence-electron chi connectivity index (χ1n) is 4.79. The highest BCUT2D eigenvalue weighted by molar-refractivity contribution is 6.38. The molecule has 0 heterocycles. The van der Waals surface area contributed by atoms with Crippen LogP contribution in [0, 0.1) is 0 Å². The van der Waals surface area contributed by atoms with Gasteiger partial charge in [-0.05, 0) is 29.7 Å². The van der Waals surface area contributed by atoms with Crippen molar-refractivity contribution in [3.05, 3.63) is 45.4 Å². The third-order valence-corrected chi connectivity index (χ3v) is 3.09. The average molecular weight is 285 g/mol. The summed E-state index contributed by atoms with van der Waals surface area (Å²) >= 11 is 11.8. The first kappa shape index (κ1) is 12.7. The number of carboxylic acids is 2. The van der Waals surface area contributed by atoms with Gasteiger partial charge in [0.2, 0.25) is 0 Å². The highest BCUT2D eigenvalue weighted by Crippen LogP contribution is 2.30. The second-order valence-corrected chi connectivity index (χ2v) is 4.44. The molecule has 2 N–H and O–H groups in total. The van der Waals surface area contributed by atoms with Crippen LogP contribution >= 0.6 is 23.2 Å². The van der Waals surface area contributed by atoms with Crippen molar-refractivity contribution in [1.82, 2.24) is 0 Å². The van der Waals surface area contributed by atoms with Crippen LogP contribution in [0.4, 0.5) is 0 Å². The number of carbonyl (C=O) groups is 2. The summed E-state index contributed by atoms with van der Waals surface area (Å²) in [5.41, 5.74) is -0.103. The van der Waals surface area contributed by atoms with Crippen molar-refractivity contribution in [2.24, 2.45) is 0 Å². The zero-order chi connectivity index (χ0) is 13.4. The highest BCUT2D eigenvalue weighted by atomic mass is 35.5. The van der Waals surface area contributed by atoms with Crippen LogP contribution in [0.15, 0.2) is 24.3 Å². The number of benzene rings is 2. The summed E-state index contributed by atoms with van der Waals surface area (Å²) in [6.07, 6.45) is 0. The average Bonchev–Trinajstić information content (AvgIpc) is 2.28. The first-order valence-corrected chi connectivity index (χ1v) is 5.55. The van der Waals surface area contributed by atoms with E-state index in [1.54, 1.807) is 0 Å². The molecule has 6 heteroatoms. The molecular formula is C12H6Cl2O4. The van der Waals surface area contributed by atoms with E-state index in [0.717, 1.165) is 0 Å². The molecule has 0 unspecified atom stereocenters. The predicted octanol–water partition coefficient (Wildman–Crippen LogP) is 3.54. The van der Waals surface area contributed by atoms with Crippen molar-refractivity contribution in [2.75, 3.05) is 0 Å². The summed E-state index contributed by atoms with van der Waals surface area (Å²) < 4.78 is 0. The molecule has 0 spiro atoms. The molecule has 0 atom stereocenters. The minimum atomic E-state index is -1.18. The minimum Gasteiger partial charge on any atom is -0.478 e. The standard InChI is InChI=1S/C12H6Cl2O4/c13-9-3-6(11(15)16)1-5-2-8(12(17)18)10(14)4-7(5)9/h1-4H,(H,15,16)(H,17,18). The Morgan fingerprint density at radius 1 is 0.889 bits per heavy atom. The maximum absolute atomic E-state index is 10.9. The van der Waals surface area contributed by atoms with Crippen LogP contribution in [0.2, 0.25) is 10.0 Å². The molecular weight excluding hydrogens is 279 g/mol. The van der Waals surface area contributed by atoms with Gasteiger partial charge in [0.1, 0.15) is 0 Å². The van der Waals surface area contributed by atoms with Crippen LogP contribution in [0.1, 0.15) is 20.7 Å². The van der Waals surface area contributed by atoms with Crippen LogP contribution in [-0.2, 0) is 0 Å². The summed E-state index contributed by atoms with van der Waals surface area (Å²) in [5, 5.41) is 19.0. The molecule has 0 bridgehead atoms. The largest absolute Gasteiger partial charge is 0.478 e. The Morgan fingerprint density at radius 2 is 1.56 bits per heavy atom. The van der Waals surface area contributed by atoms with Crippen LogP contribution in [0.3, 0.4) is 0 Å². The number of carboxylic acid groups (broad SMARTS) is 2. The fraction of sp³-hybridized carbons (Fsp3) is 0. The van der Waals surface area contributed by atoms with Crippen molar-refractivity contribution in [2.45, 2.75) is 0 Å². The molecule has 2 aromatic rings. The molecule has 4 nitrogen and oxygen atoms in total. The molecule has 0 saturated carbocycles. The molecule has 2 aromatic carbocycles. The number of hydrogen-bond donors (Lipinski definition) is 2. The van der Waals surface area contributed by atoms with E-state index >= 15 is 0 Å². The summed E-state index contributed by atoms with van der Waals surface area (Å²) in [6, 6.07) is 5.36. The van der Waals surface area contributed by atoms with E-state index in [1.165, 1.54) is 24.3 Å². The van der Waals surface area contributed by atoms with Gasteiger partial charge in [-0.2, -0.15) is 0 Å². The van der Waals surface area contributed by atoms with Crippen molar-refractivity contribution in [3.63, 3.8) is 0 Å². The summed E-state index contributed by atoms with van der Waals surface area (Å²) in [6.45, 7) is 0. The van der Waals surface area contributed by atoms with Crippen molar-refractivity contribution < 1.29 is 19.8 Å². The van der Waals surface area contributed by atoms with Crippen LogP contribution in [0.5, 0.6) is 0 Å². The SMILES string of the molecule is O=C(O)c1cc(Cl)c2cc(Cl)c(C(=O)O)cc2c1. The van der Waals surface area contributed by atoms with Gasteiger partial charge in [0.15, 0.2) is 0 Å². The lowest BCUT2D eigenvalue weighted by Crippen LogP contribution is -1.99. The van der Waals surface area contributed by atoms with Gasteiger partial charge in [-0.1, -0.05) is 23.2 Å². The quantitative estimate of drug-likeness (QED) is 0.884. The van der Waals surface area contributed by atoms with Crippen molar-refractivity contribution >= 4 is 45.9 Å². The summed E-state index contributed by atoms with van der Waals surface area (Å²) in [4.78, 5) is 21.8. The Morgan fingerprint density at radius 3 is 2.11 bits per heavy atom. The number of rotatable bonds is 2. The fourth-order valence-corrected chi connectivity index (χ4v) is 2.15. The molecule has 0 radical (unpaired) electrons. The number of hydrogen-bond acceptors (Lipinski definition) is 2. The van der Waals surface area contributed by atoms with E-state index in [-0.39, 0.29) is 21.2 Å². The third-order valence-electron chi connectivity index (χ3n) is 2.47. The van der Waals surface area contributed by atoms with E-state index in [9.17, 15) is 9.59 Å². The number of fused-ring (bicyclic) bond motifs is 1. The van der Waals surface area contributed by atoms with Crippen molar-refractivity contribution in [3.8, 4) is 0 Å². The Bertz CT molecular complexity index is 679. The number of aromatic carboxylic acids is 2. The summed E-state index contributed by atoms with van der Waals surface area (Å²) in [7, 11) is 0. The lowest BCUT2D eigenvalue weighted by molar-refractivity contribution is 0.0687. The highest BCUT2D eigenvalue weighted by Gasteiger charge is 2.14. The minimum absolute atomic E-state index is 0.00818. The van der Waals surface area contributed by atoms with Gasteiger partial charge < -0.3 is 10.2 Å². The van der Waals surface area contributed by atoms with Gasteiger partial charge in [0.25, 0.3) is 0 Å². The maximum Gasteiger partial charge on any atom is 0.337 e. The third kappa shape index (κ3) is 2.12. The number of halogens is 2. The van der Waals surface area contributed by atoms with E-state index in [0.29, 0.717) is 10.8 Å². The molecule has 0 aliphatic carbocycles. The molecule has 0 fully saturated rings. The topological polar surface area (TPSA) is 74.6 Å². The Kier molecular flexibility index (Phi) is 3.15. The Hall–Kier alpha value is -1.78. The molecule has 0 saturated heterocycles. The van der Waals surface area contributed by atoms with Gasteiger partial charge >= 0.3 is 11.9 Å². The van der Waals surface area contributed by atoms with Gasteiger partial charge in [-0.25, -0.2) is 9.59 Å².